The highest BCUT2D eigenvalue weighted by molar-refractivity contribution is 7.16. The van der Waals surface area contributed by atoms with E-state index < -0.39 is 0 Å². The maximum absolute atomic E-state index is 12.1. The minimum atomic E-state index is -0.141. The molecule has 1 aliphatic rings. The summed E-state index contributed by atoms with van der Waals surface area (Å²) in [5, 5.41) is 3.40. The van der Waals surface area contributed by atoms with Crippen molar-refractivity contribution in [3.05, 3.63) is 52.4 Å². The molecule has 0 spiro atoms. The molecule has 0 saturated carbocycles. The molecule has 1 aliphatic heterocycles. The Bertz CT molecular complexity index is 769. The molecule has 6 heteroatoms. The number of rotatable bonds is 3. The number of piperazine rings is 1. The molecule has 3 rings (SSSR count). The first-order valence-electron chi connectivity index (χ1n) is 7.21. The van der Waals surface area contributed by atoms with E-state index >= 15 is 0 Å². The average Bonchev–Trinajstić information content (AvgIpc) is 3.01. The monoisotopic (exact) mass is 346 g/mol. The van der Waals surface area contributed by atoms with Crippen LogP contribution in [0.4, 0.5) is 0 Å². The quantitative estimate of drug-likeness (QED) is 0.868. The van der Waals surface area contributed by atoms with Crippen molar-refractivity contribution in [2.75, 3.05) is 19.6 Å². The fraction of sp³-hybridized carbons (Fsp3) is 0.176. The topological polar surface area (TPSA) is 49.4 Å². The molecule has 1 aromatic carbocycles. The van der Waals surface area contributed by atoms with Crippen molar-refractivity contribution in [3.8, 4) is 10.4 Å². The molecule has 2 amide bonds. The average molecular weight is 347 g/mol. The lowest BCUT2D eigenvalue weighted by Gasteiger charge is -2.25. The van der Waals surface area contributed by atoms with E-state index in [4.69, 9.17) is 11.6 Å². The first-order valence-corrected chi connectivity index (χ1v) is 8.41. The highest BCUT2D eigenvalue weighted by Gasteiger charge is 2.18. The number of hydrogen-bond donors (Lipinski definition) is 1. The predicted molar refractivity (Wildman–Crippen MR) is 93.4 cm³/mol. The van der Waals surface area contributed by atoms with Crippen molar-refractivity contribution in [3.63, 3.8) is 0 Å². The fourth-order valence-electron chi connectivity index (χ4n) is 2.32. The molecule has 0 unspecified atom stereocenters. The van der Waals surface area contributed by atoms with E-state index in [0.717, 1.165) is 15.3 Å². The van der Waals surface area contributed by atoms with Gasteiger partial charge < -0.3 is 10.2 Å². The third-order valence-corrected chi connectivity index (χ3v) is 4.81. The first kappa shape index (κ1) is 15.8. The summed E-state index contributed by atoms with van der Waals surface area (Å²) < 4.78 is 0. The van der Waals surface area contributed by atoms with Crippen LogP contribution in [0, 0.1) is 0 Å². The highest BCUT2D eigenvalue weighted by atomic mass is 35.5. The van der Waals surface area contributed by atoms with E-state index in [0.29, 0.717) is 18.1 Å². The van der Waals surface area contributed by atoms with Crippen LogP contribution < -0.4 is 5.32 Å². The Labute approximate surface area is 143 Å². The molecule has 118 valence electrons. The number of nitrogens with one attached hydrogen (secondary N) is 1. The molecule has 1 saturated heterocycles. The van der Waals surface area contributed by atoms with E-state index in [1.165, 1.54) is 6.08 Å². The molecular formula is C17H15ClN2O2S. The number of amides is 2. The van der Waals surface area contributed by atoms with Crippen molar-refractivity contribution < 1.29 is 9.59 Å². The molecule has 1 N–H and O–H groups in total. The lowest BCUT2D eigenvalue weighted by Crippen LogP contribution is -2.49. The van der Waals surface area contributed by atoms with Crippen LogP contribution in [0.25, 0.3) is 16.5 Å². The normalized spacial score (nSPS) is 15.0. The Morgan fingerprint density at radius 1 is 1.30 bits per heavy atom. The molecule has 0 radical (unpaired) electrons. The van der Waals surface area contributed by atoms with Gasteiger partial charge >= 0.3 is 0 Å². The molecular weight excluding hydrogens is 332 g/mol. The van der Waals surface area contributed by atoms with Gasteiger partial charge in [-0.1, -0.05) is 23.7 Å². The van der Waals surface area contributed by atoms with Gasteiger partial charge in [-0.05, 0) is 35.9 Å². The van der Waals surface area contributed by atoms with Crippen LogP contribution in [0.3, 0.4) is 0 Å². The Hall–Kier alpha value is -2.11. The number of halogens is 1. The molecule has 1 fully saturated rings. The third-order valence-electron chi connectivity index (χ3n) is 3.48. The minimum absolute atomic E-state index is 0.114. The molecule has 2 aromatic rings. The highest BCUT2D eigenvalue weighted by Crippen LogP contribution is 2.30. The number of carbonyl (C=O) groups is 2. The zero-order valence-corrected chi connectivity index (χ0v) is 13.9. The summed E-state index contributed by atoms with van der Waals surface area (Å²) in [5.41, 5.74) is 1.06. The second-order valence-corrected chi connectivity index (χ2v) is 6.71. The number of benzene rings is 1. The maximum atomic E-state index is 12.1. The van der Waals surface area contributed by atoms with Gasteiger partial charge in [0, 0.05) is 33.9 Å². The van der Waals surface area contributed by atoms with Gasteiger partial charge in [0.05, 0.1) is 6.54 Å². The summed E-state index contributed by atoms with van der Waals surface area (Å²) in [4.78, 5) is 27.0. The number of carbonyl (C=O) groups excluding carboxylic acids is 2. The van der Waals surface area contributed by atoms with E-state index in [9.17, 15) is 9.59 Å². The SMILES string of the molecule is O=C1CN(C(=O)C=Cc2ccc(-c3cccc(Cl)c3)s2)CCN1. The molecule has 0 aliphatic carbocycles. The van der Waals surface area contributed by atoms with Gasteiger partial charge in [-0.25, -0.2) is 0 Å². The maximum Gasteiger partial charge on any atom is 0.247 e. The van der Waals surface area contributed by atoms with Crippen molar-refractivity contribution in [1.82, 2.24) is 10.2 Å². The summed E-state index contributed by atoms with van der Waals surface area (Å²) in [5.74, 6) is -0.255. The van der Waals surface area contributed by atoms with E-state index in [1.807, 2.05) is 36.4 Å². The largest absolute Gasteiger partial charge is 0.353 e. The zero-order chi connectivity index (χ0) is 16.2. The molecule has 1 aromatic heterocycles. The summed E-state index contributed by atoms with van der Waals surface area (Å²) in [6.45, 7) is 1.19. The second-order valence-electron chi connectivity index (χ2n) is 5.16. The molecule has 2 heterocycles. The Kier molecular flexibility index (Phi) is 4.79. The van der Waals surface area contributed by atoms with Crippen LogP contribution in [0.15, 0.2) is 42.5 Å². The Morgan fingerprint density at radius 3 is 2.96 bits per heavy atom. The van der Waals surface area contributed by atoms with Gasteiger partial charge in [0.15, 0.2) is 0 Å². The summed E-state index contributed by atoms with van der Waals surface area (Å²) in [6, 6.07) is 11.6. The van der Waals surface area contributed by atoms with Crippen molar-refractivity contribution in [2.24, 2.45) is 0 Å². The molecule has 0 bridgehead atoms. The molecule has 23 heavy (non-hydrogen) atoms. The number of hydrogen-bond acceptors (Lipinski definition) is 3. The third kappa shape index (κ3) is 4.00. The summed E-state index contributed by atoms with van der Waals surface area (Å²) in [6.07, 6.45) is 3.31. The van der Waals surface area contributed by atoms with Gasteiger partial charge in [0.25, 0.3) is 0 Å². The molecule has 4 nitrogen and oxygen atoms in total. The van der Waals surface area contributed by atoms with Crippen molar-refractivity contribution in [2.45, 2.75) is 0 Å². The van der Waals surface area contributed by atoms with Gasteiger partial charge in [0.2, 0.25) is 11.8 Å². The van der Waals surface area contributed by atoms with Gasteiger partial charge in [-0.3, -0.25) is 9.59 Å². The van der Waals surface area contributed by atoms with E-state index in [-0.39, 0.29) is 18.4 Å². The van der Waals surface area contributed by atoms with Gasteiger partial charge in [0.1, 0.15) is 0 Å². The summed E-state index contributed by atoms with van der Waals surface area (Å²) >= 11 is 7.60. The van der Waals surface area contributed by atoms with E-state index in [1.54, 1.807) is 22.3 Å². The number of thiophene rings is 1. The van der Waals surface area contributed by atoms with Crippen LogP contribution in [-0.2, 0) is 9.59 Å². The van der Waals surface area contributed by atoms with E-state index in [2.05, 4.69) is 5.32 Å². The van der Waals surface area contributed by atoms with Crippen molar-refractivity contribution in [1.29, 1.82) is 0 Å². The predicted octanol–water partition coefficient (Wildman–Crippen LogP) is 3.04. The first-order chi connectivity index (χ1) is 11.1. The second kappa shape index (κ2) is 6.98. The Morgan fingerprint density at radius 2 is 2.17 bits per heavy atom. The van der Waals surface area contributed by atoms with Crippen LogP contribution in [0.5, 0.6) is 0 Å². The van der Waals surface area contributed by atoms with Crippen LogP contribution in [0.2, 0.25) is 5.02 Å². The van der Waals surface area contributed by atoms with Crippen molar-refractivity contribution >= 4 is 40.8 Å². The van der Waals surface area contributed by atoms with Crippen LogP contribution in [0.1, 0.15) is 4.88 Å². The number of nitrogens with zero attached hydrogens (tertiary/aromatic N) is 1. The van der Waals surface area contributed by atoms with Gasteiger partial charge in [-0.2, -0.15) is 0 Å². The lowest BCUT2D eigenvalue weighted by atomic mass is 10.2. The lowest BCUT2D eigenvalue weighted by molar-refractivity contribution is -0.134. The van der Waals surface area contributed by atoms with Gasteiger partial charge in [-0.15, -0.1) is 11.3 Å². The van der Waals surface area contributed by atoms with Crippen LogP contribution >= 0.6 is 22.9 Å². The minimum Gasteiger partial charge on any atom is -0.353 e. The molecule has 0 atom stereocenters. The zero-order valence-electron chi connectivity index (χ0n) is 12.3. The Balaban J connectivity index is 1.69. The fourth-order valence-corrected chi connectivity index (χ4v) is 3.42. The van der Waals surface area contributed by atoms with Crippen LogP contribution in [-0.4, -0.2) is 36.3 Å². The summed E-state index contributed by atoms with van der Waals surface area (Å²) in [7, 11) is 0. The smallest absolute Gasteiger partial charge is 0.247 e. The standard InChI is InChI=1S/C17H15ClN2O2S/c18-13-3-1-2-12(10-13)15-6-4-14(23-15)5-7-17(22)20-9-8-19-16(21)11-20/h1-7,10H,8-9,11H2,(H,19,21).